The number of hydrogen-bond donors (Lipinski definition) is 1. The van der Waals surface area contributed by atoms with Gasteiger partial charge in [0.25, 0.3) is 11.8 Å². The molecule has 5 aliphatic rings. The van der Waals surface area contributed by atoms with Crippen molar-refractivity contribution < 1.29 is 29.0 Å². The fourth-order valence-corrected chi connectivity index (χ4v) is 7.75. The molecule has 3 fully saturated rings. The first-order valence-electron chi connectivity index (χ1n) is 11.4. The molecule has 0 spiro atoms. The first kappa shape index (κ1) is 22.6. The third kappa shape index (κ3) is 2.64. The molecule has 0 aromatic heterocycles. The number of nitrogens with zero attached hydrogens (tertiary/aromatic N) is 2. The Morgan fingerprint density at radius 1 is 1.03 bits per heavy atom. The van der Waals surface area contributed by atoms with Crippen molar-refractivity contribution in [1.82, 2.24) is 9.80 Å². The quantitative estimate of drug-likeness (QED) is 0.349. The number of alkyl halides is 2. The smallest absolute Gasteiger partial charge is 0.253 e. The third-order valence-electron chi connectivity index (χ3n) is 8.38. The second-order valence-electron chi connectivity index (χ2n) is 10.0. The second kappa shape index (κ2) is 7.11. The number of aromatic hydroxyl groups is 1. The highest BCUT2D eigenvalue weighted by molar-refractivity contribution is 6.53. The van der Waals surface area contributed by atoms with Gasteiger partial charge in [0.15, 0.2) is 9.75 Å². The number of rotatable bonds is 1. The van der Waals surface area contributed by atoms with Gasteiger partial charge in [-0.2, -0.15) is 0 Å². The summed E-state index contributed by atoms with van der Waals surface area (Å²) in [5.74, 6) is -3.78. The molecule has 10 heteroatoms. The number of halogens is 2. The normalized spacial score (nSPS) is 37.8. The largest absolute Gasteiger partial charge is 0.508 e. The monoisotopic (exact) mass is 516 g/mol. The predicted octanol–water partition coefficient (Wildman–Crippen LogP) is 2.36. The molecule has 1 saturated carbocycles. The standard InChI is InChI=1S/C25H22Cl2N2O6/c1-28-20(31)15-5-4-14-16(18(15)21(28)32)9-24(26)22(33)29(2)23(34)25(24,27)19(14)12-7-11-8-13(30)3-6-17(11)35-10-12/h3-4,6,8,10,15-16,18-19,30H,5,7,9H2,1-2H3/t15-,16+,18-,19-,24+,25-/m0/s1. The molecule has 0 bridgehead atoms. The zero-order chi connectivity index (χ0) is 25.0. The number of benzene rings is 1. The maximum absolute atomic E-state index is 13.5. The maximum Gasteiger partial charge on any atom is 0.253 e. The lowest BCUT2D eigenvalue weighted by Gasteiger charge is -2.51. The molecular weight excluding hydrogens is 495 g/mol. The van der Waals surface area contributed by atoms with Crippen LogP contribution in [0.25, 0.3) is 0 Å². The molecular formula is C25H22Cl2N2O6. The fourth-order valence-electron chi connectivity index (χ4n) is 6.71. The van der Waals surface area contributed by atoms with Gasteiger partial charge in [-0.15, -0.1) is 23.2 Å². The number of phenolic OH excluding ortho intramolecular Hbond substituents is 1. The number of carbonyl (C=O) groups excluding carboxylic acids is 4. The molecule has 8 nitrogen and oxygen atoms in total. The van der Waals surface area contributed by atoms with E-state index in [1.165, 1.54) is 26.4 Å². The van der Waals surface area contributed by atoms with Crippen LogP contribution in [0.2, 0.25) is 0 Å². The van der Waals surface area contributed by atoms with Crippen molar-refractivity contribution in [3.63, 3.8) is 0 Å². The lowest BCUT2D eigenvalue weighted by molar-refractivity contribution is -0.140. The highest BCUT2D eigenvalue weighted by atomic mass is 35.5. The molecule has 35 heavy (non-hydrogen) atoms. The summed E-state index contributed by atoms with van der Waals surface area (Å²) in [7, 11) is 2.82. The number of amides is 4. The van der Waals surface area contributed by atoms with Crippen LogP contribution in [0.3, 0.4) is 0 Å². The zero-order valence-corrected chi connectivity index (χ0v) is 20.5. The third-order valence-corrected chi connectivity index (χ3v) is 9.79. The van der Waals surface area contributed by atoms with E-state index in [9.17, 15) is 24.3 Å². The van der Waals surface area contributed by atoms with Crippen LogP contribution in [0.4, 0.5) is 0 Å². The summed E-state index contributed by atoms with van der Waals surface area (Å²) in [4.78, 5) is 51.2. The minimum atomic E-state index is -1.84. The highest BCUT2D eigenvalue weighted by Crippen LogP contribution is 2.64. The van der Waals surface area contributed by atoms with Gasteiger partial charge >= 0.3 is 0 Å². The Labute approximate surface area is 211 Å². The summed E-state index contributed by atoms with van der Waals surface area (Å²) in [6.45, 7) is 0. The second-order valence-corrected chi connectivity index (χ2v) is 11.3. The van der Waals surface area contributed by atoms with Gasteiger partial charge in [0.2, 0.25) is 11.8 Å². The van der Waals surface area contributed by atoms with E-state index in [4.69, 9.17) is 27.9 Å². The molecule has 4 amide bonds. The Kier molecular flexibility index (Phi) is 4.59. The minimum absolute atomic E-state index is 0.0329. The lowest BCUT2D eigenvalue weighted by Crippen LogP contribution is -2.61. The summed E-state index contributed by atoms with van der Waals surface area (Å²) in [5, 5.41) is 9.99. The molecule has 3 heterocycles. The van der Waals surface area contributed by atoms with Gasteiger partial charge in [-0.25, -0.2) is 0 Å². The highest BCUT2D eigenvalue weighted by Gasteiger charge is 2.76. The molecule has 1 N–H and O–H groups in total. The topological polar surface area (TPSA) is 104 Å². The number of allylic oxidation sites excluding steroid dienone is 3. The van der Waals surface area contributed by atoms with Crippen molar-refractivity contribution in [2.45, 2.75) is 29.0 Å². The molecule has 1 aromatic rings. The average Bonchev–Trinajstić information content (AvgIpc) is 3.13. The molecule has 2 saturated heterocycles. The van der Waals surface area contributed by atoms with Gasteiger partial charge in [0, 0.05) is 32.0 Å². The summed E-state index contributed by atoms with van der Waals surface area (Å²) in [5.41, 5.74) is 2.03. The number of carbonyl (C=O) groups is 4. The number of likely N-dealkylation sites (tertiary alicyclic amines) is 2. The van der Waals surface area contributed by atoms with Gasteiger partial charge in [-0.05, 0) is 42.5 Å². The number of fused-ring (bicyclic) bond motifs is 5. The van der Waals surface area contributed by atoms with Crippen molar-refractivity contribution in [1.29, 1.82) is 0 Å². The summed E-state index contributed by atoms with van der Waals surface area (Å²) in [6.07, 6.45) is 4.00. The van der Waals surface area contributed by atoms with Crippen molar-refractivity contribution in [3.05, 3.63) is 47.2 Å². The molecule has 2 aliphatic carbocycles. The average molecular weight is 517 g/mol. The van der Waals surface area contributed by atoms with Crippen LogP contribution in [0.1, 0.15) is 18.4 Å². The van der Waals surface area contributed by atoms with E-state index in [2.05, 4.69) is 0 Å². The Morgan fingerprint density at radius 3 is 2.51 bits per heavy atom. The Bertz CT molecular complexity index is 1310. The van der Waals surface area contributed by atoms with Gasteiger partial charge < -0.3 is 9.84 Å². The van der Waals surface area contributed by atoms with Gasteiger partial charge in [-0.3, -0.25) is 29.0 Å². The molecule has 3 aliphatic heterocycles. The summed E-state index contributed by atoms with van der Waals surface area (Å²) < 4.78 is 5.84. The zero-order valence-electron chi connectivity index (χ0n) is 19.0. The molecule has 1 aromatic carbocycles. The number of phenols is 1. The van der Waals surface area contributed by atoms with Crippen molar-refractivity contribution >= 4 is 46.8 Å². The first-order valence-corrected chi connectivity index (χ1v) is 12.2. The Morgan fingerprint density at radius 2 is 1.77 bits per heavy atom. The Balaban J connectivity index is 1.53. The van der Waals surface area contributed by atoms with Crippen molar-refractivity contribution in [2.75, 3.05) is 14.1 Å². The van der Waals surface area contributed by atoms with Gasteiger partial charge in [0.1, 0.15) is 11.5 Å². The van der Waals surface area contributed by atoms with E-state index in [0.29, 0.717) is 29.7 Å². The fraction of sp³-hybridized carbons (Fsp3) is 0.440. The van der Waals surface area contributed by atoms with Crippen LogP contribution in [-0.4, -0.2) is 62.4 Å². The predicted molar refractivity (Wildman–Crippen MR) is 125 cm³/mol. The molecule has 6 rings (SSSR count). The van der Waals surface area contributed by atoms with E-state index in [0.717, 1.165) is 15.4 Å². The summed E-state index contributed by atoms with van der Waals surface area (Å²) in [6, 6.07) is 4.73. The first-order chi connectivity index (χ1) is 16.5. The van der Waals surface area contributed by atoms with E-state index >= 15 is 0 Å². The van der Waals surface area contributed by atoms with Gasteiger partial charge in [0.05, 0.1) is 18.1 Å². The Hall–Kier alpha value is -2.84. The van der Waals surface area contributed by atoms with Crippen LogP contribution >= 0.6 is 23.2 Å². The number of ether oxygens (including phenoxy) is 1. The van der Waals surface area contributed by atoms with Crippen LogP contribution in [0, 0.1) is 23.7 Å². The minimum Gasteiger partial charge on any atom is -0.508 e. The number of imide groups is 2. The van der Waals surface area contributed by atoms with E-state index < -0.39 is 45.2 Å². The molecule has 0 radical (unpaired) electrons. The van der Waals surface area contributed by atoms with Crippen LogP contribution in [0.15, 0.2) is 41.7 Å². The molecule has 0 unspecified atom stereocenters. The maximum atomic E-state index is 13.5. The van der Waals surface area contributed by atoms with Crippen LogP contribution in [0.5, 0.6) is 11.5 Å². The lowest BCUT2D eigenvalue weighted by atomic mass is 9.56. The SMILES string of the molecule is CN1C(=O)[C@H]2[C@H](CC=C3[C@H](C4=COc5ccc(O)cc5C4)[C@]4(Cl)C(=O)N(C)C(=O)[C@]4(Cl)C[C@H]32)C1=O. The van der Waals surface area contributed by atoms with Crippen LogP contribution < -0.4 is 4.74 Å². The molecule has 6 atom stereocenters. The van der Waals surface area contributed by atoms with E-state index in [1.54, 1.807) is 12.1 Å². The van der Waals surface area contributed by atoms with Crippen molar-refractivity contribution in [2.24, 2.45) is 23.7 Å². The molecule has 182 valence electrons. The van der Waals surface area contributed by atoms with Crippen molar-refractivity contribution in [3.8, 4) is 11.5 Å². The van der Waals surface area contributed by atoms with Gasteiger partial charge in [-0.1, -0.05) is 11.6 Å². The van der Waals surface area contributed by atoms with Crippen LogP contribution in [-0.2, 0) is 25.6 Å². The number of hydrogen-bond acceptors (Lipinski definition) is 6. The van der Waals surface area contributed by atoms with E-state index in [-0.39, 0.29) is 24.0 Å². The summed E-state index contributed by atoms with van der Waals surface area (Å²) >= 11 is 14.2. The van der Waals surface area contributed by atoms with E-state index in [1.807, 2.05) is 6.08 Å².